The number of benzene rings is 2. The van der Waals surface area contributed by atoms with Crippen molar-refractivity contribution in [1.29, 1.82) is 0 Å². The van der Waals surface area contributed by atoms with Gasteiger partial charge in [-0.1, -0.05) is 18.2 Å². The number of para-hydroxylation sites is 1. The van der Waals surface area contributed by atoms with Crippen LogP contribution in [-0.4, -0.2) is 40.4 Å². The van der Waals surface area contributed by atoms with E-state index in [1.54, 1.807) is 21.3 Å². The lowest BCUT2D eigenvalue weighted by atomic mass is 10.2. The van der Waals surface area contributed by atoms with Gasteiger partial charge in [0.2, 0.25) is 5.75 Å². The normalized spacial score (nSPS) is 10.6. The van der Waals surface area contributed by atoms with Gasteiger partial charge in [-0.3, -0.25) is 0 Å². The molecule has 0 fully saturated rings. The molecule has 2 aromatic carbocycles. The molecule has 0 heterocycles. The summed E-state index contributed by atoms with van der Waals surface area (Å²) in [7, 11) is 4.79. The first-order valence-corrected chi connectivity index (χ1v) is 9.68. The maximum Gasteiger partial charge on any atom is 0.203 e. The van der Waals surface area contributed by atoms with Gasteiger partial charge in [-0.2, -0.15) is 0 Å². The summed E-state index contributed by atoms with van der Waals surface area (Å²) in [4.78, 5) is 4.68. The molecule has 0 radical (unpaired) electrons. The summed E-state index contributed by atoms with van der Waals surface area (Å²) in [5.41, 5.74) is 2.03. The maximum absolute atomic E-state index is 5.69. The number of guanidine groups is 1. The Morgan fingerprint density at radius 2 is 1.57 bits per heavy atom. The minimum Gasteiger partial charge on any atom is -0.494 e. The Morgan fingerprint density at radius 1 is 0.900 bits per heavy atom. The molecule has 0 amide bonds. The largest absolute Gasteiger partial charge is 0.494 e. The number of nitrogens with one attached hydrogen (secondary N) is 2. The monoisotopic (exact) mass is 529 g/mol. The molecule has 8 heteroatoms. The Hall–Kier alpha value is -2.36. The molecule has 166 valence electrons. The number of methoxy groups -OCH3 is 3. The van der Waals surface area contributed by atoms with Crippen molar-refractivity contribution in [2.45, 2.75) is 26.9 Å². The molecule has 0 unspecified atom stereocenters. The van der Waals surface area contributed by atoms with Crippen molar-refractivity contribution in [2.75, 3.05) is 34.5 Å². The van der Waals surface area contributed by atoms with Crippen LogP contribution in [0.4, 0.5) is 0 Å². The lowest BCUT2D eigenvalue weighted by molar-refractivity contribution is 0.324. The van der Waals surface area contributed by atoms with Crippen LogP contribution < -0.4 is 29.6 Å². The molecule has 2 N–H and O–H groups in total. The lowest BCUT2D eigenvalue weighted by Crippen LogP contribution is -2.36. The summed E-state index contributed by atoms with van der Waals surface area (Å²) >= 11 is 0. The molecular weight excluding hydrogens is 497 g/mol. The molecule has 0 bridgehead atoms. The van der Waals surface area contributed by atoms with Crippen LogP contribution in [0, 0.1) is 0 Å². The van der Waals surface area contributed by atoms with Gasteiger partial charge in [-0.15, -0.1) is 24.0 Å². The standard InChI is InChI=1S/C22H31N3O4.HI/c1-6-23-22(25-15-17-10-8-9-11-18(17)29-7-2)24-14-16-12-19(26-3)21(28-5)20(13-16)27-4;/h8-13H,6-7,14-15H2,1-5H3,(H2,23,24,25);1H. The highest BCUT2D eigenvalue weighted by Crippen LogP contribution is 2.38. The summed E-state index contributed by atoms with van der Waals surface area (Å²) in [6.07, 6.45) is 0. The summed E-state index contributed by atoms with van der Waals surface area (Å²) in [5, 5.41) is 6.62. The van der Waals surface area contributed by atoms with Crippen LogP contribution in [0.5, 0.6) is 23.0 Å². The number of aliphatic imine (C=N–C) groups is 1. The molecule has 0 saturated carbocycles. The molecule has 0 saturated heterocycles. The van der Waals surface area contributed by atoms with E-state index >= 15 is 0 Å². The van der Waals surface area contributed by atoms with Gasteiger partial charge in [-0.25, -0.2) is 4.99 Å². The molecule has 0 atom stereocenters. The number of ether oxygens (including phenoxy) is 4. The fourth-order valence-electron chi connectivity index (χ4n) is 2.86. The quantitative estimate of drug-likeness (QED) is 0.276. The van der Waals surface area contributed by atoms with Crippen molar-refractivity contribution in [3.05, 3.63) is 47.5 Å². The molecule has 2 aromatic rings. The van der Waals surface area contributed by atoms with E-state index < -0.39 is 0 Å². The minimum atomic E-state index is 0. The highest BCUT2D eigenvalue weighted by atomic mass is 127. The van der Waals surface area contributed by atoms with Crippen molar-refractivity contribution in [1.82, 2.24) is 10.6 Å². The van der Waals surface area contributed by atoms with Gasteiger partial charge in [-0.05, 0) is 37.6 Å². The fraction of sp³-hybridized carbons (Fsp3) is 0.409. The smallest absolute Gasteiger partial charge is 0.203 e. The van der Waals surface area contributed by atoms with E-state index in [1.807, 2.05) is 50.2 Å². The van der Waals surface area contributed by atoms with Gasteiger partial charge in [0.15, 0.2) is 17.5 Å². The third-order valence-electron chi connectivity index (χ3n) is 4.21. The highest BCUT2D eigenvalue weighted by Gasteiger charge is 2.13. The van der Waals surface area contributed by atoms with E-state index in [-0.39, 0.29) is 24.0 Å². The number of halogens is 1. The first-order valence-electron chi connectivity index (χ1n) is 9.68. The SMILES string of the molecule is CCNC(=NCc1cc(OC)c(OC)c(OC)c1)NCc1ccccc1OCC.I. The maximum atomic E-state index is 5.69. The molecule has 0 aliphatic heterocycles. The third kappa shape index (κ3) is 7.16. The van der Waals surface area contributed by atoms with Crippen LogP contribution in [0.25, 0.3) is 0 Å². The molecule has 2 rings (SSSR count). The van der Waals surface area contributed by atoms with Gasteiger partial charge in [0, 0.05) is 18.7 Å². The summed E-state index contributed by atoms with van der Waals surface area (Å²) in [6, 6.07) is 11.8. The summed E-state index contributed by atoms with van der Waals surface area (Å²) in [5.74, 6) is 3.39. The number of hydrogen-bond acceptors (Lipinski definition) is 5. The van der Waals surface area contributed by atoms with E-state index in [1.165, 1.54) is 0 Å². The predicted octanol–water partition coefficient (Wildman–Crippen LogP) is 3.98. The van der Waals surface area contributed by atoms with E-state index in [9.17, 15) is 0 Å². The average molecular weight is 529 g/mol. The molecule has 30 heavy (non-hydrogen) atoms. The first kappa shape index (κ1) is 25.7. The van der Waals surface area contributed by atoms with Crippen molar-refractivity contribution < 1.29 is 18.9 Å². The molecule has 0 aliphatic carbocycles. The van der Waals surface area contributed by atoms with Gasteiger partial charge < -0.3 is 29.6 Å². The Kier molecular flexibility index (Phi) is 11.8. The van der Waals surface area contributed by atoms with Crippen molar-refractivity contribution in [3.8, 4) is 23.0 Å². The molecule has 0 aliphatic rings. The minimum absolute atomic E-state index is 0. The van der Waals surface area contributed by atoms with E-state index in [2.05, 4.69) is 15.6 Å². The summed E-state index contributed by atoms with van der Waals surface area (Å²) < 4.78 is 21.9. The number of rotatable bonds is 10. The zero-order valence-electron chi connectivity index (χ0n) is 18.3. The predicted molar refractivity (Wildman–Crippen MR) is 131 cm³/mol. The Balaban J connectivity index is 0.00000450. The lowest BCUT2D eigenvalue weighted by Gasteiger charge is -2.15. The van der Waals surface area contributed by atoms with Crippen molar-refractivity contribution in [3.63, 3.8) is 0 Å². The second-order valence-corrected chi connectivity index (χ2v) is 6.12. The fourth-order valence-corrected chi connectivity index (χ4v) is 2.86. The first-order chi connectivity index (χ1) is 14.2. The zero-order valence-corrected chi connectivity index (χ0v) is 20.6. The van der Waals surface area contributed by atoms with Crippen LogP contribution in [-0.2, 0) is 13.1 Å². The molecule has 7 nitrogen and oxygen atoms in total. The molecule has 0 aromatic heterocycles. The zero-order chi connectivity index (χ0) is 21.1. The van der Waals surface area contributed by atoms with Gasteiger partial charge in [0.25, 0.3) is 0 Å². The molecular formula is C22H32IN3O4. The second kappa shape index (κ2) is 13.8. The van der Waals surface area contributed by atoms with E-state index in [4.69, 9.17) is 18.9 Å². The highest BCUT2D eigenvalue weighted by molar-refractivity contribution is 14.0. The Morgan fingerprint density at radius 3 is 2.13 bits per heavy atom. The topological polar surface area (TPSA) is 73.3 Å². The van der Waals surface area contributed by atoms with Crippen molar-refractivity contribution in [2.24, 2.45) is 4.99 Å². The van der Waals surface area contributed by atoms with Gasteiger partial charge >= 0.3 is 0 Å². The van der Waals surface area contributed by atoms with Crippen LogP contribution in [0.2, 0.25) is 0 Å². The van der Waals surface area contributed by atoms with Crippen LogP contribution in [0.15, 0.2) is 41.4 Å². The van der Waals surface area contributed by atoms with Gasteiger partial charge in [0.05, 0.1) is 34.5 Å². The van der Waals surface area contributed by atoms with Crippen molar-refractivity contribution >= 4 is 29.9 Å². The Bertz CT molecular complexity index is 790. The Labute approximate surface area is 196 Å². The van der Waals surface area contributed by atoms with E-state index in [0.717, 1.165) is 23.4 Å². The van der Waals surface area contributed by atoms with E-state index in [0.29, 0.717) is 42.9 Å². The van der Waals surface area contributed by atoms with Crippen LogP contribution >= 0.6 is 24.0 Å². The second-order valence-electron chi connectivity index (χ2n) is 6.12. The number of hydrogen-bond donors (Lipinski definition) is 2. The number of nitrogens with zero attached hydrogens (tertiary/aromatic N) is 1. The molecule has 0 spiro atoms. The van der Waals surface area contributed by atoms with Gasteiger partial charge in [0.1, 0.15) is 5.75 Å². The van der Waals surface area contributed by atoms with Crippen LogP contribution in [0.1, 0.15) is 25.0 Å². The average Bonchev–Trinajstić information content (AvgIpc) is 2.75. The third-order valence-corrected chi connectivity index (χ3v) is 4.21. The summed E-state index contributed by atoms with van der Waals surface area (Å²) in [6.45, 7) is 6.47. The van der Waals surface area contributed by atoms with Crippen LogP contribution in [0.3, 0.4) is 0 Å².